The first kappa shape index (κ1) is 18.1. The lowest BCUT2D eigenvalue weighted by atomic mass is 10.2. The largest absolute Gasteiger partial charge is 0.504 e. The van der Waals surface area contributed by atoms with Crippen LogP contribution in [0.1, 0.15) is 11.3 Å². The molecule has 0 saturated carbocycles. The van der Waals surface area contributed by atoms with Gasteiger partial charge in [0.1, 0.15) is 10.4 Å². The Hall–Kier alpha value is -1.70. The molecule has 2 N–H and O–H groups in total. The number of hydrogen-bond acceptors (Lipinski definition) is 5. The number of phenolic OH excluding ortho intramolecular Hbond substituents is 1. The van der Waals surface area contributed by atoms with Crippen molar-refractivity contribution < 1.29 is 13.6 Å². The molecule has 25 heavy (non-hydrogen) atoms. The zero-order valence-corrected chi connectivity index (χ0v) is 15.5. The lowest BCUT2D eigenvalue weighted by Crippen LogP contribution is -2.16. The summed E-state index contributed by atoms with van der Waals surface area (Å²) in [7, 11) is 0. The molecule has 3 aromatic rings. The Morgan fingerprint density at radius 3 is 2.64 bits per heavy atom. The summed E-state index contributed by atoms with van der Waals surface area (Å²) < 4.78 is 17.5. The summed E-state index contributed by atoms with van der Waals surface area (Å²) in [5.74, 6) is -0.213. The molecule has 0 aliphatic rings. The van der Waals surface area contributed by atoms with Gasteiger partial charge in [-0.3, -0.25) is 0 Å². The number of benzene rings is 2. The maximum absolute atomic E-state index is 12.3. The number of nitrogens with zero attached hydrogens (tertiary/aromatic N) is 1. The van der Waals surface area contributed by atoms with Crippen LogP contribution < -0.4 is 5.48 Å². The summed E-state index contributed by atoms with van der Waals surface area (Å²) in [5.41, 5.74) is 4.51. The van der Waals surface area contributed by atoms with Gasteiger partial charge in [-0.15, -0.1) is 0 Å². The predicted molar refractivity (Wildman–Crippen MR) is 98.9 cm³/mol. The van der Waals surface area contributed by atoms with Crippen molar-refractivity contribution >= 4 is 45.2 Å². The van der Waals surface area contributed by atoms with E-state index in [9.17, 15) is 9.32 Å². The summed E-state index contributed by atoms with van der Waals surface area (Å²) in [5, 5.41) is 11.9. The van der Waals surface area contributed by atoms with Crippen molar-refractivity contribution in [3.8, 4) is 5.75 Å². The van der Waals surface area contributed by atoms with Crippen LogP contribution >= 0.6 is 23.2 Å². The molecule has 0 bridgehead atoms. The number of aryl methyl sites for hydroxylation is 1. The topological polar surface area (TPSA) is 71.5 Å². The minimum absolute atomic E-state index is 0.0548. The summed E-state index contributed by atoms with van der Waals surface area (Å²) >= 11 is 10.1. The first-order valence-corrected chi connectivity index (χ1v) is 9.14. The van der Waals surface area contributed by atoms with Crippen LogP contribution in [-0.4, -0.2) is 14.3 Å². The SMILES string of the molecule is Cc1ccc2c(Cl)cc(S(=O)ONCc3ccc(Cl)cc3)c(O)c2n1. The number of rotatable bonds is 5. The second-order valence-corrected chi connectivity index (χ2v) is 7.24. The van der Waals surface area contributed by atoms with E-state index in [2.05, 4.69) is 10.5 Å². The Kier molecular flexibility index (Phi) is 5.56. The number of hydroxylamine groups is 1. The van der Waals surface area contributed by atoms with Gasteiger partial charge >= 0.3 is 0 Å². The molecular formula is C17H14Cl2N2O3S. The van der Waals surface area contributed by atoms with Gasteiger partial charge in [0.2, 0.25) is 11.1 Å². The third-order valence-corrected chi connectivity index (χ3v) is 5.02. The Morgan fingerprint density at radius 2 is 1.92 bits per heavy atom. The number of halogens is 2. The van der Waals surface area contributed by atoms with E-state index < -0.39 is 11.1 Å². The average molecular weight is 397 g/mol. The second kappa shape index (κ2) is 7.68. The van der Waals surface area contributed by atoms with Gasteiger partial charge in [-0.05, 0) is 42.8 Å². The first-order valence-electron chi connectivity index (χ1n) is 7.31. The molecule has 0 aliphatic carbocycles. The highest BCUT2D eigenvalue weighted by Crippen LogP contribution is 2.35. The molecule has 5 nitrogen and oxygen atoms in total. The number of hydrogen-bond donors (Lipinski definition) is 2. The molecule has 0 saturated heterocycles. The molecule has 0 amide bonds. The molecular weight excluding hydrogens is 383 g/mol. The number of aromatic hydroxyl groups is 1. The summed E-state index contributed by atoms with van der Waals surface area (Å²) in [6.07, 6.45) is 0. The fourth-order valence-electron chi connectivity index (χ4n) is 2.25. The fourth-order valence-corrected chi connectivity index (χ4v) is 3.43. The molecule has 0 radical (unpaired) electrons. The highest BCUT2D eigenvalue weighted by atomic mass is 35.5. The van der Waals surface area contributed by atoms with Crippen LogP contribution in [0.4, 0.5) is 0 Å². The molecule has 0 aliphatic heterocycles. The number of phenols is 1. The molecule has 1 heterocycles. The molecule has 1 unspecified atom stereocenters. The molecule has 1 aromatic heterocycles. The molecule has 1 atom stereocenters. The van der Waals surface area contributed by atoms with Crippen LogP contribution in [0.3, 0.4) is 0 Å². The molecule has 8 heteroatoms. The van der Waals surface area contributed by atoms with E-state index in [-0.39, 0.29) is 16.2 Å². The molecule has 130 valence electrons. The van der Waals surface area contributed by atoms with Crippen molar-refractivity contribution in [3.63, 3.8) is 0 Å². The number of pyridine rings is 1. The fraction of sp³-hybridized carbons (Fsp3) is 0.118. The normalized spacial score (nSPS) is 12.4. The van der Waals surface area contributed by atoms with E-state index in [1.807, 2.05) is 12.1 Å². The van der Waals surface area contributed by atoms with Crippen LogP contribution in [0.5, 0.6) is 5.75 Å². The highest BCUT2D eigenvalue weighted by molar-refractivity contribution is 7.80. The van der Waals surface area contributed by atoms with E-state index in [0.29, 0.717) is 27.7 Å². The van der Waals surface area contributed by atoms with Crippen molar-refractivity contribution in [2.45, 2.75) is 18.4 Å². The molecule has 3 rings (SSSR count). The monoisotopic (exact) mass is 396 g/mol. The lowest BCUT2D eigenvalue weighted by Gasteiger charge is -2.10. The number of aromatic nitrogens is 1. The van der Waals surface area contributed by atoms with Gasteiger partial charge in [-0.2, -0.15) is 9.76 Å². The van der Waals surface area contributed by atoms with E-state index >= 15 is 0 Å². The summed E-state index contributed by atoms with van der Waals surface area (Å²) in [6.45, 7) is 2.11. The van der Waals surface area contributed by atoms with Crippen LogP contribution in [0.2, 0.25) is 10.0 Å². The van der Waals surface area contributed by atoms with Crippen LogP contribution in [-0.2, 0) is 21.9 Å². The Labute approximate surface area is 157 Å². The van der Waals surface area contributed by atoms with Crippen LogP contribution in [0.25, 0.3) is 10.9 Å². The van der Waals surface area contributed by atoms with E-state index in [4.69, 9.17) is 27.5 Å². The predicted octanol–water partition coefficient (Wildman–Crippen LogP) is 4.30. The minimum atomic E-state index is -1.96. The zero-order chi connectivity index (χ0) is 18.0. The average Bonchev–Trinajstić information content (AvgIpc) is 2.59. The van der Waals surface area contributed by atoms with Gasteiger partial charge in [0.15, 0.2) is 5.75 Å². The van der Waals surface area contributed by atoms with Gasteiger partial charge in [-0.1, -0.05) is 35.3 Å². The van der Waals surface area contributed by atoms with Crippen LogP contribution in [0.15, 0.2) is 47.4 Å². The summed E-state index contributed by atoms with van der Waals surface area (Å²) in [4.78, 5) is 4.31. The maximum atomic E-state index is 12.3. The van der Waals surface area contributed by atoms with E-state index in [0.717, 1.165) is 5.56 Å². The molecule has 0 fully saturated rings. The maximum Gasteiger partial charge on any atom is 0.210 e. The number of fused-ring (bicyclic) bond motifs is 1. The zero-order valence-electron chi connectivity index (χ0n) is 13.1. The van der Waals surface area contributed by atoms with Gasteiger partial charge < -0.3 is 5.11 Å². The Bertz CT molecular complexity index is 949. The van der Waals surface area contributed by atoms with E-state index in [1.165, 1.54) is 6.07 Å². The van der Waals surface area contributed by atoms with Crippen molar-refractivity contribution in [2.75, 3.05) is 0 Å². The Morgan fingerprint density at radius 1 is 1.20 bits per heavy atom. The van der Waals surface area contributed by atoms with Crippen molar-refractivity contribution in [1.29, 1.82) is 0 Å². The first-order chi connectivity index (χ1) is 12.0. The molecule has 0 spiro atoms. The highest BCUT2D eigenvalue weighted by Gasteiger charge is 2.18. The van der Waals surface area contributed by atoms with Crippen molar-refractivity contribution in [2.24, 2.45) is 0 Å². The van der Waals surface area contributed by atoms with Crippen LogP contribution in [0, 0.1) is 6.92 Å². The van der Waals surface area contributed by atoms with Crippen molar-refractivity contribution in [1.82, 2.24) is 10.5 Å². The van der Waals surface area contributed by atoms with Gasteiger partial charge in [0.25, 0.3) is 0 Å². The van der Waals surface area contributed by atoms with Gasteiger partial charge in [-0.25, -0.2) is 9.19 Å². The molecule has 2 aromatic carbocycles. The number of nitrogens with one attached hydrogen (secondary N) is 1. The third kappa shape index (κ3) is 4.11. The minimum Gasteiger partial charge on any atom is -0.504 e. The van der Waals surface area contributed by atoms with Crippen molar-refractivity contribution in [3.05, 3.63) is 63.8 Å². The Balaban J connectivity index is 1.77. The standard InChI is InChI=1S/C17H14Cl2N2O3S/c1-10-2-7-13-14(19)8-15(17(22)16(13)21-10)25(23)24-20-9-11-3-5-12(18)6-4-11/h2-8,20,22H,9H2,1H3. The smallest absolute Gasteiger partial charge is 0.210 e. The van der Waals surface area contributed by atoms with E-state index in [1.54, 1.807) is 31.2 Å². The third-order valence-electron chi connectivity index (χ3n) is 3.51. The van der Waals surface area contributed by atoms with Gasteiger partial charge in [0, 0.05) is 22.6 Å². The lowest BCUT2D eigenvalue weighted by molar-refractivity contribution is 0.215. The quantitative estimate of drug-likeness (QED) is 0.629. The van der Waals surface area contributed by atoms with Gasteiger partial charge in [0.05, 0.1) is 5.02 Å². The second-order valence-electron chi connectivity index (χ2n) is 5.32. The summed E-state index contributed by atoms with van der Waals surface area (Å²) in [6, 6.07) is 12.1.